The number of carbonyl (C=O) groups excluding carboxylic acids is 1. The number of benzene rings is 1. The van der Waals surface area contributed by atoms with Gasteiger partial charge in [0.2, 0.25) is 0 Å². The van der Waals surface area contributed by atoms with Gasteiger partial charge in [-0.05, 0) is 35.6 Å². The molecule has 1 N–H and O–H groups in total. The Morgan fingerprint density at radius 3 is 3.00 bits per heavy atom. The summed E-state index contributed by atoms with van der Waals surface area (Å²) in [4.78, 5) is 15.5. The first-order valence-electron chi connectivity index (χ1n) is 6.82. The van der Waals surface area contributed by atoms with Crippen LogP contribution in [-0.4, -0.2) is 22.6 Å². The number of anilines is 1. The summed E-state index contributed by atoms with van der Waals surface area (Å²) in [5, 5.41) is 9.14. The molecule has 3 heterocycles. The highest BCUT2D eigenvalue weighted by Gasteiger charge is 2.26. The fourth-order valence-corrected chi connectivity index (χ4v) is 3.37. The zero-order chi connectivity index (χ0) is 14.2. The number of carbonyl (C=O) groups is 1. The van der Waals surface area contributed by atoms with Gasteiger partial charge in [0.25, 0.3) is 5.91 Å². The maximum absolute atomic E-state index is 12.6. The van der Waals surface area contributed by atoms with Crippen LogP contribution >= 0.6 is 11.3 Å². The summed E-state index contributed by atoms with van der Waals surface area (Å²) in [6, 6.07) is 13.9. The third-order valence-electron chi connectivity index (χ3n) is 3.72. The molecule has 0 saturated heterocycles. The summed E-state index contributed by atoms with van der Waals surface area (Å²) in [6.07, 6.45) is 0.907. The first-order valence-corrected chi connectivity index (χ1v) is 7.70. The number of hydrogen-bond donors (Lipinski definition) is 1. The van der Waals surface area contributed by atoms with Crippen molar-refractivity contribution in [2.24, 2.45) is 0 Å². The molecule has 1 aliphatic rings. The maximum atomic E-state index is 12.6. The fraction of sp³-hybridized carbons (Fsp3) is 0.125. The fourth-order valence-electron chi connectivity index (χ4n) is 2.68. The molecule has 3 aromatic rings. The van der Waals surface area contributed by atoms with Gasteiger partial charge in [0, 0.05) is 12.2 Å². The van der Waals surface area contributed by atoms with Crippen molar-refractivity contribution in [2.45, 2.75) is 6.42 Å². The van der Waals surface area contributed by atoms with Crippen LogP contribution in [0, 0.1) is 0 Å². The molecule has 4 nitrogen and oxygen atoms in total. The van der Waals surface area contributed by atoms with Gasteiger partial charge in [-0.25, -0.2) is 0 Å². The predicted octanol–water partition coefficient (Wildman–Crippen LogP) is 3.34. The van der Waals surface area contributed by atoms with Crippen LogP contribution in [0.15, 0.2) is 47.8 Å². The molecule has 4 rings (SSSR count). The Balaban J connectivity index is 1.65. The molecule has 0 unspecified atom stereocenters. The molecule has 0 aliphatic carbocycles. The van der Waals surface area contributed by atoms with Crippen molar-refractivity contribution in [1.82, 2.24) is 10.2 Å². The van der Waals surface area contributed by atoms with E-state index in [4.69, 9.17) is 0 Å². The predicted molar refractivity (Wildman–Crippen MR) is 83.7 cm³/mol. The quantitative estimate of drug-likeness (QED) is 0.788. The van der Waals surface area contributed by atoms with Crippen LogP contribution in [0.1, 0.15) is 16.1 Å². The van der Waals surface area contributed by atoms with Crippen molar-refractivity contribution in [2.75, 3.05) is 11.4 Å². The highest BCUT2D eigenvalue weighted by Crippen LogP contribution is 2.29. The molecule has 0 saturated carbocycles. The average Bonchev–Trinajstić information content (AvgIpc) is 3.25. The monoisotopic (exact) mass is 295 g/mol. The zero-order valence-electron chi connectivity index (χ0n) is 11.2. The molecular weight excluding hydrogens is 282 g/mol. The number of para-hydroxylation sites is 1. The standard InChI is InChI=1S/C16H13N3OS/c20-16(19-8-7-11-4-1-2-5-14(11)19)13-10-12(17-18-13)15-6-3-9-21-15/h1-6,9-10H,7-8H2,(H,17,18). The van der Waals surface area contributed by atoms with Gasteiger partial charge < -0.3 is 4.90 Å². The molecule has 0 fully saturated rings. The summed E-state index contributed by atoms with van der Waals surface area (Å²) >= 11 is 1.63. The van der Waals surface area contributed by atoms with E-state index in [1.807, 2.05) is 46.7 Å². The van der Waals surface area contributed by atoms with E-state index < -0.39 is 0 Å². The third-order valence-corrected chi connectivity index (χ3v) is 4.62. The van der Waals surface area contributed by atoms with E-state index in [0.717, 1.165) is 29.2 Å². The van der Waals surface area contributed by atoms with Crippen LogP contribution in [0.2, 0.25) is 0 Å². The van der Waals surface area contributed by atoms with Crippen molar-refractivity contribution >= 4 is 22.9 Å². The van der Waals surface area contributed by atoms with Gasteiger partial charge >= 0.3 is 0 Å². The van der Waals surface area contributed by atoms with E-state index in [-0.39, 0.29) is 5.91 Å². The van der Waals surface area contributed by atoms with Crippen LogP contribution < -0.4 is 4.90 Å². The minimum atomic E-state index is -0.0426. The number of thiophene rings is 1. The number of rotatable bonds is 2. The Morgan fingerprint density at radius 1 is 1.24 bits per heavy atom. The van der Waals surface area contributed by atoms with Gasteiger partial charge in [-0.1, -0.05) is 24.3 Å². The molecular formula is C16H13N3OS. The van der Waals surface area contributed by atoms with Gasteiger partial charge in [-0.15, -0.1) is 11.3 Å². The number of H-pyrrole nitrogens is 1. The molecule has 1 amide bonds. The minimum Gasteiger partial charge on any atom is -0.306 e. The maximum Gasteiger partial charge on any atom is 0.278 e. The number of fused-ring (bicyclic) bond motifs is 1. The first-order chi connectivity index (χ1) is 10.3. The second kappa shape index (κ2) is 4.86. The van der Waals surface area contributed by atoms with Crippen LogP contribution in [-0.2, 0) is 6.42 Å². The van der Waals surface area contributed by atoms with Crippen molar-refractivity contribution in [3.05, 3.63) is 59.1 Å². The lowest BCUT2D eigenvalue weighted by molar-refractivity contribution is 0.0984. The topological polar surface area (TPSA) is 49.0 Å². The second-order valence-corrected chi connectivity index (χ2v) is 5.93. The average molecular weight is 295 g/mol. The lowest BCUT2D eigenvalue weighted by Gasteiger charge is -2.15. The van der Waals surface area contributed by atoms with E-state index in [0.29, 0.717) is 5.69 Å². The van der Waals surface area contributed by atoms with Crippen molar-refractivity contribution in [1.29, 1.82) is 0 Å². The lowest BCUT2D eigenvalue weighted by atomic mass is 10.2. The van der Waals surface area contributed by atoms with E-state index in [2.05, 4.69) is 16.3 Å². The van der Waals surface area contributed by atoms with E-state index in [1.54, 1.807) is 11.3 Å². The Morgan fingerprint density at radius 2 is 2.14 bits per heavy atom. The Bertz CT molecular complexity index is 791. The number of nitrogens with zero attached hydrogens (tertiary/aromatic N) is 2. The minimum absolute atomic E-state index is 0.0426. The van der Waals surface area contributed by atoms with Crippen LogP contribution in [0.4, 0.5) is 5.69 Å². The molecule has 21 heavy (non-hydrogen) atoms. The van der Waals surface area contributed by atoms with E-state index in [1.165, 1.54) is 5.56 Å². The van der Waals surface area contributed by atoms with Gasteiger partial charge in [0.05, 0.1) is 10.6 Å². The van der Waals surface area contributed by atoms with Crippen molar-refractivity contribution < 1.29 is 4.79 Å². The number of aromatic nitrogens is 2. The molecule has 1 aromatic carbocycles. The molecule has 5 heteroatoms. The Labute approximate surface area is 126 Å². The first kappa shape index (κ1) is 12.3. The van der Waals surface area contributed by atoms with Gasteiger partial charge in [0.1, 0.15) is 0 Å². The highest BCUT2D eigenvalue weighted by molar-refractivity contribution is 7.13. The van der Waals surface area contributed by atoms with Gasteiger partial charge in [-0.3, -0.25) is 9.89 Å². The molecule has 104 valence electrons. The number of amides is 1. The SMILES string of the molecule is O=C(c1cc(-c2cccs2)[nH]n1)N1CCc2ccccc21. The summed E-state index contributed by atoms with van der Waals surface area (Å²) in [5.41, 5.74) is 3.58. The molecule has 0 atom stereocenters. The number of aromatic amines is 1. The van der Waals surface area contributed by atoms with Gasteiger partial charge in [-0.2, -0.15) is 5.10 Å². The largest absolute Gasteiger partial charge is 0.306 e. The van der Waals surface area contributed by atoms with Crippen LogP contribution in [0.3, 0.4) is 0 Å². The summed E-state index contributed by atoms with van der Waals surface area (Å²) in [7, 11) is 0. The molecule has 0 radical (unpaired) electrons. The number of hydrogen-bond acceptors (Lipinski definition) is 3. The number of nitrogens with one attached hydrogen (secondary N) is 1. The Hall–Kier alpha value is -2.40. The smallest absolute Gasteiger partial charge is 0.278 e. The van der Waals surface area contributed by atoms with Crippen LogP contribution in [0.25, 0.3) is 10.6 Å². The van der Waals surface area contributed by atoms with E-state index >= 15 is 0 Å². The molecule has 0 spiro atoms. The zero-order valence-corrected chi connectivity index (χ0v) is 12.1. The second-order valence-electron chi connectivity index (χ2n) is 4.98. The lowest BCUT2D eigenvalue weighted by Crippen LogP contribution is -2.29. The van der Waals surface area contributed by atoms with Crippen molar-refractivity contribution in [3.8, 4) is 10.6 Å². The summed E-state index contributed by atoms with van der Waals surface area (Å²) < 4.78 is 0. The Kier molecular flexibility index (Phi) is 2.86. The summed E-state index contributed by atoms with van der Waals surface area (Å²) in [6.45, 7) is 0.722. The summed E-state index contributed by atoms with van der Waals surface area (Å²) in [5.74, 6) is -0.0426. The molecule has 1 aliphatic heterocycles. The molecule has 2 aromatic heterocycles. The highest BCUT2D eigenvalue weighted by atomic mass is 32.1. The van der Waals surface area contributed by atoms with E-state index in [9.17, 15) is 4.79 Å². The normalized spacial score (nSPS) is 13.4. The third kappa shape index (κ3) is 2.06. The van der Waals surface area contributed by atoms with Crippen molar-refractivity contribution in [3.63, 3.8) is 0 Å². The van der Waals surface area contributed by atoms with Crippen LogP contribution in [0.5, 0.6) is 0 Å². The molecule has 0 bridgehead atoms. The van der Waals surface area contributed by atoms with Gasteiger partial charge in [0.15, 0.2) is 5.69 Å².